The van der Waals surface area contributed by atoms with Crippen molar-refractivity contribution in [3.63, 3.8) is 0 Å². The standard InChI is InChI=1S/C10H16O/c1-3-4-5-6-7-10(2)8-9-11/h7,11H,5-6,8-9H2,1-2H3/b10-7-. The summed E-state index contributed by atoms with van der Waals surface area (Å²) in [6.07, 6.45) is 4.87. The zero-order valence-corrected chi connectivity index (χ0v) is 7.35. The van der Waals surface area contributed by atoms with Crippen molar-refractivity contribution in [2.75, 3.05) is 6.61 Å². The Morgan fingerprint density at radius 1 is 1.55 bits per heavy atom. The molecule has 0 aromatic heterocycles. The third-order valence-corrected chi connectivity index (χ3v) is 1.45. The van der Waals surface area contributed by atoms with Gasteiger partial charge in [0, 0.05) is 13.0 Å². The maximum absolute atomic E-state index is 8.57. The normalized spacial score (nSPS) is 10.6. The zero-order valence-electron chi connectivity index (χ0n) is 7.35. The summed E-state index contributed by atoms with van der Waals surface area (Å²) in [4.78, 5) is 0. The average Bonchev–Trinajstić information content (AvgIpc) is 1.99. The molecule has 0 aliphatic heterocycles. The second-order valence-corrected chi connectivity index (χ2v) is 2.49. The summed E-state index contributed by atoms with van der Waals surface area (Å²) >= 11 is 0. The summed E-state index contributed by atoms with van der Waals surface area (Å²) < 4.78 is 0. The number of unbranched alkanes of at least 4 members (excludes halogenated alkanes) is 1. The van der Waals surface area contributed by atoms with Gasteiger partial charge in [-0.25, -0.2) is 0 Å². The fourth-order valence-corrected chi connectivity index (χ4v) is 0.794. The van der Waals surface area contributed by atoms with Crippen LogP contribution in [0.3, 0.4) is 0 Å². The molecule has 0 spiro atoms. The van der Waals surface area contributed by atoms with Gasteiger partial charge in [0.15, 0.2) is 0 Å². The lowest BCUT2D eigenvalue weighted by Gasteiger charge is -1.94. The number of allylic oxidation sites excluding steroid dienone is 1. The van der Waals surface area contributed by atoms with Gasteiger partial charge in [-0.2, -0.15) is 0 Å². The van der Waals surface area contributed by atoms with Crippen molar-refractivity contribution in [2.45, 2.75) is 33.1 Å². The molecule has 0 saturated carbocycles. The van der Waals surface area contributed by atoms with Crippen LogP contribution in [0.15, 0.2) is 11.6 Å². The van der Waals surface area contributed by atoms with Gasteiger partial charge < -0.3 is 5.11 Å². The van der Waals surface area contributed by atoms with Gasteiger partial charge in [-0.3, -0.25) is 0 Å². The van der Waals surface area contributed by atoms with Gasteiger partial charge >= 0.3 is 0 Å². The molecule has 0 radical (unpaired) electrons. The number of hydrogen-bond acceptors (Lipinski definition) is 1. The van der Waals surface area contributed by atoms with Crippen LogP contribution in [0.2, 0.25) is 0 Å². The van der Waals surface area contributed by atoms with Gasteiger partial charge in [-0.1, -0.05) is 11.6 Å². The van der Waals surface area contributed by atoms with Gasteiger partial charge in [0.2, 0.25) is 0 Å². The van der Waals surface area contributed by atoms with Crippen LogP contribution in [0.1, 0.15) is 33.1 Å². The minimum Gasteiger partial charge on any atom is -0.396 e. The van der Waals surface area contributed by atoms with Crippen molar-refractivity contribution >= 4 is 0 Å². The highest BCUT2D eigenvalue weighted by atomic mass is 16.2. The molecule has 0 aromatic carbocycles. The van der Waals surface area contributed by atoms with Crippen LogP contribution in [-0.4, -0.2) is 11.7 Å². The van der Waals surface area contributed by atoms with E-state index in [9.17, 15) is 0 Å². The number of aliphatic hydroxyl groups is 1. The summed E-state index contributed by atoms with van der Waals surface area (Å²) in [5.74, 6) is 5.83. The maximum atomic E-state index is 8.57. The van der Waals surface area contributed by atoms with E-state index in [4.69, 9.17) is 5.11 Å². The van der Waals surface area contributed by atoms with Gasteiger partial charge in [0.25, 0.3) is 0 Å². The molecule has 0 amide bonds. The van der Waals surface area contributed by atoms with E-state index in [1.165, 1.54) is 5.57 Å². The largest absolute Gasteiger partial charge is 0.396 e. The smallest absolute Gasteiger partial charge is 0.0468 e. The molecule has 0 rings (SSSR count). The molecule has 11 heavy (non-hydrogen) atoms. The molecule has 1 nitrogen and oxygen atoms in total. The fraction of sp³-hybridized carbons (Fsp3) is 0.600. The summed E-state index contributed by atoms with van der Waals surface area (Å²) in [6, 6.07) is 0. The predicted molar refractivity (Wildman–Crippen MR) is 48.1 cm³/mol. The minimum atomic E-state index is 0.252. The third-order valence-electron chi connectivity index (χ3n) is 1.45. The van der Waals surface area contributed by atoms with Crippen LogP contribution >= 0.6 is 0 Å². The summed E-state index contributed by atoms with van der Waals surface area (Å²) in [5, 5.41) is 8.57. The molecule has 62 valence electrons. The number of hydrogen-bond donors (Lipinski definition) is 1. The van der Waals surface area contributed by atoms with E-state index >= 15 is 0 Å². The SMILES string of the molecule is CC#CCC/C=C(/C)CCO. The van der Waals surface area contributed by atoms with Crippen LogP contribution in [0.4, 0.5) is 0 Å². The summed E-state index contributed by atoms with van der Waals surface area (Å²) in [5.41, 5.74) is 1.26. The molecule has 0 aromatic rings. The molecular formula is C10H16O. The second kappa shape index (κ2) is 7.37. The van der Waals surface area contributed by atoms with Gasteiger partial charge in [0.1, 0.15) is 0 Å². The Bertz CT molecular complexity index is 169. The molecule has 1 N–H and O–H groups in total. The van der Waals surface area contributed by atoms with Crippen molar-refractivity contribution in [2.24, 2.45) is 0 Å². The Kier molecular flexibility index (Phi) is 6.87. The zero-order chi connectivity index (χ0) is 8.53. The fourth-order valence-electron chi connectivity index (χ4n) is 0.794. The van der Waals surface area contributed by atoms with Crippen molar-refractivity contribution < 1.29 is 5.11 Å². The molecule has 0 heterocycles. The first-order chi connectivity index (χ1) is 5.31. The van der Waals surface area contributed by atoms with Crippen LogP contribution in [0.5, 0.6) is 0 Å². The first-order valence-electron chi connectivity index (χ1n) is 3.97. The number of aliphatic hydroxyl groups excluding tert-OH is 1. The topological polar surface area (TPSA) is 20.2 Å². The van der Waals surface area contributed by atoms with Crippen LogP contribution in [0.25, 0.3) is 0 Å². The average molecular weight is 152 g/mol. The van der Waals surface area contributed by atoms with E-state index in [0.717, 1.165) is 19.3 Å². The highest BCUT2D eigenvalue weighted by Gasteiger charge is 1.85. The second-order valence-electron chi connectivity index (χ2n) is 2.49. The minimum absolute atomic E-state index is 0.252. The van der Waals surface area contributed by atoms with E-state index in [1.807, 2.05) is 13.8 Å². The third kappa shape index (κ3) is 7.15. The Morgan fingerprint density at radius 3 is 2.82 bits per heavy atom. The van der Waals surface area contributed by atoms with Crippen molar-refractivity contribution in [3.8, 4) is 11.8 Å². The molecule has 1 heteroatoms. The van der Waals surface area contributed by atoms with Crippen molar-refractivity contribution in [1.29, 1.82) is 0 Å². The molecule has 0 saturated heterocycles. The van der Waals surface area contributed by atoms with Crippen molar-refractivity contribution in [3.05, 3.63) is 11.6 Å². The summed E-state index contributed by atoms with van der Waals surface area (Å²) in [6.45, 7) is 4.14. The molecular weight excluding hydrogens is 136 g/mol. The van der Waals surface area contributed by atoms with E-state index in [0.29, 0.717) is 0 Å². The molecule has 0 aliphatic carbocycles. The van der Waals surface area contributed by atoms with Gasteiger partial charge in [-0.05, 0) is 26.7 Å². The highest BCUT2D eigenvalue weighted by Crippen LogP contribution is 2.01. The predicted octanol–water partition coefficient (Wildman–Crippen LogP) is 2.12. The quantitative estimate of drug-likeness (QED) is 0.371. The molecule has 0 aliphatic rings. The lowest BCUT2D eigenvalue weighted by Crippen LogP contribution is -1.83. The molecule has 0 unspecified atom stereocenters. The maximum Gasteiger partial charge on any atom is 0.0468 e. The highest BCUT2D eigenvalue weighted by molar-refractivity contribution is 5.02. The Labute approximate surface area is 69.1 Å². The molecule has 0 atom stereocenters. The first kappa shape index (κ1) is 10.3. The van der Waals surface area contributed by atoms with E-state index in [2.05, 4.69) is 17.9 Å². The Balaban J connectivity index is 3.44. The summed E-state index contributed by atoms with van der Waals surface area (Å²) in [7, 11) is 0. The number of rotatable bonds is 4. The lowest BCUT2D eigenvalue weighted by molar-refractivity contribution is 0.299. The van der Waals surface area contributed by atoms with Crippen LogP contribution in [-0.2, 0) is 0 Å². The van der Waals surface area contributed by atoms with Gasteiger partial charge in [0.05, 0.1) is 0 Å². The van der Waals surface area contributed by atoms with Crippen LogP contribution < -0.4 is 0 Å². The monoisotopic (exact) mass is 152 g/mol. The van der Waals surface area contributed by atoms with Crippen molar-refractivity contribution in [1.82, 2.24) is 0 Å². The van der Waals surface area contributed by atoms with E-state index in [1.54, 1.807) is 0 Å². The van der Waals surface area contributed by atoms with E-state index in [-0.39, 0.29) is 6.61 Å². The van der Waals surface area contributed by atoms with Crippen LogP contribution in [0, 0.1) is 11.8 Å². The first-order valence-corrected chi connectivity index (χ1v) is 3.97. The Morgan fingerprint density at radius 2 is 2.27 bits per heavy atom. The Hall–Kier alpha value is -0.740. The molecule has 0 fully saturated rings. The van der Waals surface area contributed by atoms with Gasteiger partial charge in [-0.15, -0.1) is 11.8 Å². The molecule has 0 bridgehead atoms. The lowest BCUT2D eigenvalue weighted by atomic mass is 10.1. The van der Waals surface area contributed by atoms with E-state index < -0.39 is 0 Å².